The highest BCUT2D eigenvalue weighted by molar-refractivity contribution is 6.00. The van der Waals surface area contributed by atoms with E-state index in [1.807, 2.05) is 13.8 Å². The molecular formula is C9H11N3O. The molecule has 0 spiro atoms. The fourth-order valence-corrected chi connectivity index (χ4v) is 1.62. The highest BCUT2D eigenvalue weighted by Gasteiger charge is 2.28. The van der Waals surface area contributed by atoms with Crippen molar-refractivity contribution in [2.24, 2.45) is 0 Å². The average molecular weight is 177 g/mol. The first-order valence-corrected chi connectivity index (χ1v) is 4.35. The van der Waals surface area contributed by atoms with E-state index in [2.05, 4.69) is 9.97 Å². The zero-order chi connectivity index (χ0) is 9.42. The zero-order valence-electron chi connectivity index (χ0n) is 7.74. The molecule has 0 saturated carbocycles. The van der Waals surface area contributed by atoms with E-state index < -0.39 is 0 Å². The minimum Gasteiger partial charge on any atom is -0.296 e. The number of likely N-dealkylation sites (N-methyl/N-ethyl adjacent to an activating group) is 1. The van der Waals surface area contributed by atoms with Crippen molar-refractivity contribution in [2.45, 2.75) is 20.3 Å². The van der Waals surface area contributed by atoms with Crippen molar-refractivity contribution in [3.05, 3.63) is 17.6 Å². The van der Waals surface area contributed by atoms with Gasteiger partial charge in [-0.3, -0.25) is 9.69 Å². The van der Waals surface area contributed by atoms with Gasteiger partial charge in [-0.05, 0) is 13.8 Å². The third-order valence-corrected chi connectivity index (χ3v) is 2.34. The summed E-state index contributed by atoms with van der Waals surface area (Å²) in [4.78, 5) is 21.4. The second-order valence-corrected chi connectivity index (χ2v) is 3.08. The Morgan fingerprint density at radius 2 is 2.31 bits per heavy atom. The third-order valence-electron chi connectivity index (χ3n) is 2.34. The molecule has 0 radical (unpaired) electrons. The van der Waals surface area contributed by atoms with Gasteiger partial charge in [-0.15, -0.1) is 0 Å². The van der Waals surface area contributed by atoms with Gasteiger partial charge in [-0.25, -0.2) is 9.97 Å². The van der Waals surface area contributed by atoms with Crippen LogP contribution in [-0.2, 0) is 11.2 Å². The topological polar surface area (TPSA) is 46.1 Å². The van der Waals surface area contributed by atoms with Crippen LogP contribution in [-0.4, -0.2) is 22.4 Å². The van der Waals surface area contributed by atoms with Crippen molar-refractivity contribution in [2.75, 3.05) is 11.4 Å². The lowest BCUT2D eigenvalue weighted by molar-refractivity contribution is -0.117. The van der Waals surface area contributed by atoms with E-state index in [4.69, 9.17) is 0 Å². The van der Waals surface area contributed by atoms with Crippen LogP contribution in [0.4, 0.5) is 5.82 Å². The molecule has 1 aromatic rings. The summed E-state index contributed by atoms with van der Waals surface area (Å²) in [6.45, 7) is 4.54. The van der Waals surface area contributed by atoms with Crippen molar-refractivity contribution in [1.82, 2.24) is 9.97 Å². The molecule has 4 heteroatoms. The van der Waals surface area contributed by atoms with Crippen molar-refractivity contribution >= 4 is 11.7 Å². The van der Waals surface area contributed by atoms with E-state index in [9.17, 15) is 4.79 Å². The highest BCUT2D eigenvalue weighted by atomic mass is 16.2. The number of nitrogens with zero attached hydrogens (tertiary/aromatic N) is 3. The van der Waals surface area contributed by atoms with Crippen LogP contribution in [0.25, 0.3) is 0 Å². The summed E-state index contributed by atoms with van der Waals surface area (Å²) in [5.41, 5.74) is 1.89. The Morgan fingerprint density at radius 3 is 3.00 bits per heavy atom. The van der Waals surface area contributed by atoms with Crippen LogP contribution in [0.1, 0.15) is 18.2 Å². The maximum absolute atomic E-state index is 11.5. The van der Waals surface area contributed by atoms with E-state index in [-0.39, 0.29) is 5.91 Å². The Kier molecular flexibility index (Phi) is 1.76. The van der Waals surface area contributed by atoms with E-state index in [0.717, 1.165) is 17.1 Å². The first-order chi connectivity index (χ1) is 6.24. The standard InChI is InChI=1S/C9H11N3O/c1-3-12-8(13)4-7-6(2)10-5-11-9(7)12/h5H,3-4H2,1-2H3. The number of hydrogen-bond donors (Lipinski definition) is 0. The molecule has 13 heavy (non-hydrogen) atoms. The Morgan fingerprint density at radius 1 is 1.54 bits per heavy atom. The summed E-state index contributed by atoms with van der Waals surface area (Å²) in [7, 11) is 0. The largest absolute Gasteiger partial charge is 0.296 e. The number of anilines is 1. The first-order valence-electron chi connectivity index (χ1n) is 4.35. The summed E-state index contributed by atoms with van der Waals surface area (Å²) in [6, 6.07) is 0. The summed E-state index contributed by atoms with van der Waals surface area (Å²) < 4.78 is 0. The Labute approximate surface area is 76.6 Å². The van der Waals surface area contributed by atoms with Crippen LogP contribution in [0.5, 0.6) is 0 Å². The molecule has 1 aliphatic heterocycles. The maximum Gasteiger partial charge on any atom is 0.232 e. The van der Waals surface area contributed by atoms with Crippen molar-refractivity contribution in [3.63, 3.8) is 0 Å². The van der Waals surface area contributed by atoms with E-state index in [1.54, 1.807) is 4.90 Å². The lowest BCUT2D eigenvalue weighted by atomic mass is 10.2. The van der Waals surface area contributed by atoms with E-state index in [1.165, 1.54) is 6.33 Å². The molecule has 0 aliphatic carbocycles. The normalized spacial score (nSPS) is 14.9. The molecule has 0 N–H and O–H groups in total. The number of carbonyl (C=O) groups is 1. The number of amides is 1. The molecular weight excluding hydrogens is 166 g/mol. The fraction of sp³-hybridized carbons (Fsp3) is 0.444. The Balaban J connectivity index is 2.54. The third kappa shape index (κ3) is 1.09. The van der Waals surface area contributed by atoms with Gasteiger partial charge in [-0.1, -0.05) is 0 Å². The van der Waals surface area contributed by atoms with Gasteiger partial charge in [0.05, 0.1) is 6.42 Å². The molecule has 68 valence electrons. The lowest BCUT2D eigenvalue weighted by Gasteiger charge is -2.12. The van der Waals surface area contributed by atoms with Gasteiger partial charge < -0.3 is 0 Å². The molecule has 0 atom stereocenters. The van der Waals surface area contributed by atoms with Crippen LogP contribution < -0.4 is 4.90 Å². The van der Waals surface area contributed by atoms with Crippen LogP contribution >= 0.6 is 0 Å². The number of rotatable bonds is 1. The van der Waals surface area contributed by atoms with Gasteiger partial charge in [0.15, 0.2) is 0 Å². The highest BCUT2D eigenvalue weighted by Crippen LogP contribution is 2.26. The number of aryl methyl sites for hydroxylation is 1. The predicted molar refractivity (Wildman–Crippen MR) is 48.5 cm³/mol. The SMILES string of the molecule is CCN1C(=O)Cc2c(C)ncnc21. The molecule has 1 aromatic heterocycles. The number of carbonyl (C=O) groups excluding carboxylic acids is 1. The monoisotopic (exact) mass is 177 g/mol. The number of fused-ring (bicyclic) bond motifs is 1. The number of aromatic nitrogens is 2. The Bertz CT molecular complexity index is 362. The molecule has 4 nitrogen and oxygen atoms in total. The van der Waals surface area contributed by atoms with Crippen LogP contribution in [0.2, 0.25) is 0 Å². The predicted octanol–water partition coefficient (Wildman–Crippen LogP) is 0.694. The van der Waals surface area contributed by atoms with Gasteiger partial charge in [-0.2, -0.15) is 0 Å². The smallest absolute Gasteiger partial charge is 0.232 e. The molecule has 2 rings (SSSR count). The van der Waals surface area contributed by atoms with Gasteiger partial charge in [0.1, 0.15) is 12.1 Å². The molecule has 1 amide bonds. The Hall–Kier alpha value is -1.45. The maximum atomic E-state index is 11.5. The molecule has 2 heterocycles. The lowest BCUT2D eigenvalue weighted by Crippen LogP contribution is -2.26. The molecule has 1 aliphatic rings. The summed E-state index contributed by atoms with van der Waals surface area (Å²) in [5, 5.41) is 0. The summed E-state index contributed by atoms with van der Waals surface area (Å²) >= 11 is 0. The summed E-state index contributed by atoms with van der Waals surface area (Å²) in [6.07, 6.45) is 1.96. The number of hydrogen-bond acceptors (Lipinski definition) is 3. The second kappa shape index (κ2) is 2.80. The quantitative estimate of drug-likeness (QED) is 0.634. The molecule has 0 fully saturated rings. The first kappa shape index (κ1) is 8.16. The minimum atomic E-state index is 0.126. The van der Waals surface area contributed by atoms with Gasteiger partial charge in [0, 0.05) is 17.8 Å². The zero-order valence-corrected chi connectivity index (χ0v) is 7.74. The summed E-state index contributed by atoms with van der Waals surface area (Å²) in [5.74, 6) is 0.918. The van der Waals surface area contributed by atoms with Crippen molar-refractivity contribution in [1.29, 1.82) is 0 Å². The van der Waals surface area contributed by atoms with Crippen LogP contribution in [0.15, 0.2) is 6.33 Å². The van der Waals surface area contributed by atoms with Crippen molar-refractivity contribution in [3.8, 4) is 0 Å². The van der Waals surface area contributed by atoms with Gasteiger partial charge in [0.25, 0.3) is 0 Å². The van der Waals surface area contributed by atoms with Crippen LogP contribution in [0, 0.1) is 6.92 Å². The average Bonchev–Trinajstić information content (AvgIpc) is 2.43. The molecule has 0 saturated heterocycles. The fourth-order valence-electron chi connectivity index (χ4n) is 1.62. The van der Waals surface area contributed by atoms with Gasteiger partial charge in [0.2, 0.25) is 5.91 Å². The van der Waals surface area contributed by atoms with E-state index in [0.29, 0.717) is 13.0 Å². The van der Waals surface area contributed by atoms with Crippen LogP contribution in [0.3, 0.4) is 0 Å². The minimum absolute atomic E-state index is 0.126. The molecule has 0 aromatic carbocycles. The van der Waals surface area contributed by atoms with E-state index >= 15 is 0 Å². The second-order valence-electron chi connectivity index (χ2n) is 3.08. The van der Waals surface area contributed by atoms with Crippen molar-refractivity contribution < 1.29 is 4.79 Å². The molecule has 0 unspecified atom stereocenters. The van der Waals surface area contributed by atoms with Gasteiger partial charge >= 0.3 is 0 Å². The molecule has 0 bridgehead atoms.